The summed E-state index contributed by atoms with van der Waals surface area (Å²) < 4.78 is 7.45. The molecule has 38 heavy (non-hydrogen) atoms. The molecule has 0 saturated carbocycles. The van der Waals surface area contributed by atoms with Gasteiger partial charge in [0.1, 0.15) is 12.4 Å². The predicted molar refractivity (Wildman–Crippen MR) is 148 cm³/mol. The number of aliphatic carboxylic acids is 1. The first-order valence-corrected chi connectivity index (χ1v) is 13.5. The molecule has 206 valence electrons. The molecule has 0 fully saturated rings. The Morgan fingerprint density at radius 1 is 1.00 bits per heavy atom. The molecule has 2 heterocycles. The summed E-state index contributed by atoms with van der Waals surface area (Å²) >= 11 is 8.28. The number of primary amides is 1. The molecule has 2 amide bonds. The number of carboxylic acid groups (broad SMARTS) is 1. The summed E-state index contributed by atoms with van der Waals surface area (Å²) in [7, 11) is 0. The fourth-order valence-electron chi connectivity index (χ4n) is 4.20. The number of carbonyl (C=O) groups excluding carboxylic acids is 3. The third-order valence-corrected chi connectivity index (χ3v) is 6.99. The monoisotopic (exact) mass is 563 g/mol. The number of aromatic nitrogens is 1. The number of hydrogen-bond acceptors (Lipinski definition) is 9. The molecule has 6 N–H and O–H groups in total. The van der Waals surface area contributed by atoms with Crippen LogP contribution < -0.4 is 26.4 Å². The molecule has 0 spiro atoms. The van der Waals surface area contributed by atoms with Crippen molar-refractivity contribution >= 4 is 48.8 Å². The zero-order valence-electron chi connectivity index (χ0n) is 20.8. The molecule has 0 unspecified atom stereocenters. The number of nitrogens with two attached hydrogens (primary N) is 1. The van der Waals surface area contributed by atoms with Gasteiger partial charge in [0.15, 0.2) is 0 Å². The van der Waals surface area contributed by atoms with Crippen molar-refractivity contribution in [2.75, 3.05) is 37.7 Å². The smallest absolute Gasteiger partial charge is 0.312 e. The number of carboxylic acids is 1. The minimum Gasteiger partial charge on any atom is -0.492 e. The van der Waals surface area contributed by atoms with Crippen LogP contribution in [0.1, 0.15) is 34.1 Å². The number of rotatable bonds is 16. The number of carbonyl (C=O) groups is 4. The van der Waals surface area contributed by atoms with Crippen LogP contribution in [0.5, 0.6) is 5.75 Å². The van der Waals surface area contributed by atoms with Gasteiger partial charge in [-0.25, -0.2) is 0 Å². The van der Waals surface area contributed by atoms with Crippen LogP contribution in [-0.2, 0) is 20.9 Å². The van der Waals surface area contributed by atoms with E-state index in [2.05, 4.69) is 41.2 Å². The average Bonchev–Trinajstić information content (AvgIpc) is 3.51. The number of fused-ring (bicyclic) bond motifs is 1. The number of hydrogen-bond donors (Lipinski definition) is 7. The van der Waals surface area contributed by atoms with E-state index in [-0.39, 0.29) is 36.3 Å². The normalized spacial score (nSPS) is 15.9. The van der Waals surface area contributed by atoms with Gasteiger partial charge in [-0.2, -0.15) is 25.3 Å². The first kappa shape index (κ1) is 29.6. The molecule has 13 heteroatoms. The van der Waals surface area contributed by atoms with E-state index in [9.17, 15) is 24.3 Å². The lowest BCUT2D eigenvalue weighted by molar-refractivity contribution is -0.138. The van der Waals surface area contributed by atoms with E-state index in [1.807, 2.05) is 0 Å². The highest BCUT2D eigenvalue weighted by Gasteiger charge is 2.31. The number of amides is 2. The van der Waals surface area contributed by atoms with Gasteiger partial charge >= 0.3 is 5.97 Å². The molecule has 0 saturated heterocycles. The van der Waals surface area contributed by atoms with E-state index in [0.29, 0.717) is 48.8 Å². The maximum Gasteiger partial charge on any atom is 0.312 e. The van der Waals surface area contributed by atoms with Crippen LogP contribution in [0.4, 0.5) is 0 Å². The minimum atomic E-state index is -0.882. The number of benzene rings is 1. The summed E-state index contributed by atoms with van der Waals surface area (Å²) in [6, 6.07) is 9.00. The molecule has 3 atom stereocenters. The standard InChI is InChI=1S/C25H33N5O6S2/c26-23(32)18(13-37)27-8-9-28-19(14-38)24(33)29-10-12-36-16-3-1-15(2-4-16)22(31)21-6-5-20-17(25(34)35)7-11-30(20)21/h1-6,17-19,27-28,37-38H,7-14H2,(H2,26,32)(H,29,33)(H,34,35)/t17-,18-,19-/m0/s1. The second kappa shape index (κ2) is 14.2. The molecule has 1 aromatic heterocycles. The van der Waals surface area contributed by atoms with E-state index in [0.717, 1.165) is 0 Å². The molecule has 1 aliphatic heterocycles. The van der Waals surface area contributed by atoms with E-state index < -0.39 is 29.9 Å². The highest BCUT2D eigenvalue weighted by molar-refractivity contribution is 7.80. The molecule has 0 bridgehead atoms. The van der Waals surface area contributed by atoms with Crippen molar-refractivity contribution in [2.24, 2.45) is 5.73 Å². The van der Waals surface area contributed by atoms with Gasteiger partial charge in [-0.3, -0.25) is 19.2 Å². The third kappa shape index (κ3) is 7.53. The molecule has 11 nitrogen and oxygen atoms in total. The number of ether oxygens (including phenoxy) is 1. The summed E-state index contributed by atoms with van der Waals surface area (Å²) in [5.41, 5.74) is 6.85. The zero-order chi connectivity index (χ0) is 27.7. The molecule has 0 radical (unpaired) electrons. The molecule has 2 aromatic rings. The van der Waals surface area contributed by atoms with Crippen molar-refractivity contribution in [3.8, 4) is 5.75 Å². The van der Waals surface area contributed by atoms with Crippen LogP contribution in [0, 0.1) is 0 Å². The Balaban J connectivity index is 1.41. The Labute approximate surface area is 231 Å². The molecular formula is C25H33N5O6S2. The SMILES string of the molecule is NC(=O)[C@H](CS)NCCN[C@@H](CS)C(=O)NCCOc1ccc(C(=O)c2ccc3n2CC[C@@H]3C(=O)O)cc1. The molecule has 1 aliphatic rings. The Morgan fingerprint density at radius 3 is 2.26 bits per heavy atom. The van der Waals surface area contributed by atoms with E-state index >= 15 is 0 Å². The first-order chi connectivity index (χ1) is 18.3. The highest BCUT2D eigenvalue weighted by atomic mass is 32.1. The third-order valence-electron chi connectivity index (χ3n) is 6.26. The van der Waals surface area contributed by atoms with Crippen LogP contribution in [-0.4, -0.2) is 83.1 Å². The second-order valence-electron chi connectivity index (χ2n) is 8.75. The number of nitrogens with zero attached hydrogens (tertiary/aromatic N) is 1. The number of thiol groups is 2. The maximum atomic E-state index is 13.0. The molecule has 0 aliphatic carbocycles. The Morgan fingerprint density at radius 2 is 1.66 bits per heavy atom. The summed E-state index contributed by atoms with van der Waals surface area (Å²) in [5, 5.41) is 18.1. The number of nitrogens with one attached hydrogen (secondary N) is 3. The van der Waals surface area contributed by atoms with Gasteiger partial charge in [-0.05, 0) is 42.8 Å². The lowest BCUT2D eigenvalue weighted by Gasteiger charge is -2.18. The van der Waals surface area contributed by atoms with Crippen molar-refractivity contribution < 1.29 is 29.0 Å². The summed E-state index contributed by atoms with van der Waals surface area (Å²) in [4.78, 5) is 47.9. The maximum absolute atomic E-state index is 13.0. The van der Waals surface area contributed by atoms with Crippen molar-refractivity contribution in [1.82, 2.24) is 20.5 Å². The lowest BCUT2D eigenvalue weighted by Crippen LogP contribution is -2.50. The van der Waals surface area contributed by atoms with E-state index in [4.69, 9.17) is 10.5 Å². The molecular weight excluding hydrogens is 530 g/mol. The van der Waals surface area contributed by atoms with E-state index in [1.54, 1.807) is 41.0 Å². The summed E-state index contributed by atoms with van der Waals surface area (Å²) in [6.45, 7) is 1.87. The Hall–Kier alpha value is -3.00. The van der Waals surface area contributed by atoms with Crippen molar-refractivity contribution in [3.05, 3.63) is 53.3 Å². The van der Waals surface area contributed by atoms with Crippen molar-refractivity contribution in [1.29, 1.82) is 0 Å². The van der Waals surface area contributed by atoms with Crippen LogP contribution in [0.15, 0.2) is 36.4 Å². The quantitative estimate of drug-likeness (QED) is 0.0855. The first-order valence-electron chi connectivity index (χ1n) is 12.2. The topological polar surface area (TPSA) is 165 Å². The highest BCUT2D eigenvalue weighted by Crippen LogP contribution is 2.31. The minimum absolute atomic E-state index is 0.183. The molecule has 3 rings (SSSR count). The fourth-order valence-corrected chi connectivity index (χ4v) is 4.80. The summed E-state index contributed by atoms with van der Waals surface area (Å²) in [6.07, 6.45) is 0.477. The lowest BCUT2D eigenvalue weighted by atomic mass is 10.1. The Bertz CT molecular complexity index is 1140. The zero-order valence-corrected chi connectivity index (χ0v) is 22.5. The van der Waals surface area contributed by atoms with Crippen LogP contribution in [0.3, 0.4) is 0 Å². The van der Waals surface area contributed by atoms with Gasteiger partial charge in [0.2, 0.25) is 17.6 Å². The van der Waals surface area contributed by atoms with Crippen LogP contribution in [0.25, 0.3) is 0 Å². The van der Waals surface area contributed by atoms with Gasteiger partial charge in [0.25, 0.3) is 0 Å². The van der Waals surface area contributed by atoms with Gasteiger partial charge < -0.3 is 36.1 Å². The Kier molecular flexibility index (Phi) is 11.1. The largest absolute Gasteiger partial charge is 0.492 e. The van der Waals surface area contributed by atoms with Crippen LogP contribution >= 0.6 is 25.3 Å². The van der Waals surface area contributed by atoms with Gasteiger partial charge in [0, 0.05) is 42.4 Å². The fraction of sp³-hybridized carbons (Fsp3) is 0.440. The number of ketones is 1. The van der Waals surface area contributed by atoms with Gasteiger partial charge in [0.05, 0.1) is 30.2 Å². The molecule has 1 aromatic carbocycles. The van der Waals surface area contributed by atoms with Crippen LogP contribution in [0.2, 0.25) is 0 Å². The van der Waals surface area contributed by atoms with Crippen molar-refractivity contribution in [3.63, 3.8) is 0 Å². The predicted octanol–water partition coefficient (Wildman–Crippen LogP) is 0.0473. The average molecular weight is 564 g/mol. The van der Waals surface area contributed by atoms with Crippen molar-refractivity contribution in [2.45, 2.75) is 31.0 Å². The van der Waals surface area contributed by atoms with Gasteiger partial charge in [-0.1, -0.05) is 0 Å². The van der Waals surface area contributed by atoms with E-state index in [1.165, 1.54) is 0 Å². The summed E-state index contributed by atoms with van der Waals surface area (Å²) in [5.74, 6) is -1.23. The second-order valence-corrected chi connectivity index (χ2v) is 9.48. The van der Waals surface area contributed by atoms with Gasteiger partial charge in [-0.15, -0.1) is 0 Å².